The van der Waals surface area contributed by atoms with Crippen LogP contribution < -0.4 is 5.32 Å². The molecule has 0 unspecified atom stereocenters. The third-order valence-corrected chi connectivity index (χ3v) is 5.99. The summed E-state index contributed by atoms with van der Waals surface area (Å²) in [6, 6.07) is -1.14. The van der Waals surface area contributed by atoms with Gasteiger partial charge >= 0.3 is 12.0 Å². The molecule has 3 atom stereocenters. The van der Waals surface area contributed by atoms with Gasteiger partial charge in [0.2, 0.25) is 5.91 Å². The van der Waals surface area contributed by atoms with Crippen LogP contribution in [0.2, 0.25) is 0 Å². The molecule has 1 N–H and O–H groups in total. The summed E-state index contributed by atoms with van der Waals surface area (Å²) < 4.78 is 5.24. The third kappa shape index (κ3) is 2.66. The number of carbonyl (C=O) groups is 4. The second kappa shape index (κ2) is 5.70. The topological polar surface area (TPSA) is 96.0 Å². The number of fused-ring (bicyclic) bond motifs is 1. The Bertz CT molecular complexity index is 583. The van der Waals surface area contributed by atoms with Crippen LogP contribution >= 0.6 is 11.8 Å². The maximum absolute atomic E-state index is 12.4. The minimum atomic E-state index is -1.05. The molecule has 0 aromatic heterocycles. The Hall–Kier alpha value is -1.77. The van der Waals surface area contributed by atoms with Gasteiger partial charge in [-0.05, 0) is 20.3 Å². The van der Waals surface area contributed by atoms with Gasteiger partial charge in [0.25, 0.3) is 5.91 Å². The Kier molecular flexibility index (Phi) is 3.99. The van der Waals surface area contributed by atoms with Crippen LogP contribution in [0.4, 0.5) is 4.79 Å². The number of urea groups is 1. The molecule has 126 valence electrons. The number of nitrogens with zero attached hydrogens (tertiary/aromatic N) is 2. The molecule has 3 fully saturated rings. The SMILES string of the molecule is C[C@@H](OC(=O)[C@H]1CS[C@@]2(C)CCC(=O)N12)C(=O)N1CCNC1=O. The summed E-state index contributed by atoms with van der Waals surface area (Å²) in [6.45, 7) is 4.05. The fourth-order valence-corrected chi connectivity index (χ4v) is 4.62. The van der Waals surface area contributed by atoms with Crippen LogP contribution in [0.15, 0.2) is 0 Å². The molecule has 0 radical (unpaired) electrons. The summed E-state index contributed by atoms with van der Waals surface area (Å²) >= 11 is 1.56. The molecule has 8 nitrogen and oxygen atoms in total. The highest BCUT2D eigenvalue weighted by molar-refractivity contribution is 8.01. The first kappa shape index (κ1) is 16.1. The first-order chi connectivity index (χ1) is 10.8. The first-order valence-corrected chi connectivity index (χ1v) is 8.58. The molecule has 3 rings (SSSR count). The Morgan fingerprint density at radius 3 is 2.83 bits per heavy atom. The van der Waals surface area contributed by atoms with E-state index in [1.54, 1.807) is 16.7 Å². The molecular weight excluding hydrogens is 322 g/mol. The number of nitrogens with one attached hydrogen (secondary N) is 1. The van der Waals surface area contributed by atoms with Gasteiger partial charge in [0.1, 0.15) is 6.04 Å². The van der Waals surface area contributed by atoms with E-state index in [9.17, 15) is 19.2 Å². The normalized spacial score (nSPS) is 31.1. The largest absolute Gasteiger partial charge is 0.451 e. The predicted octanol–water partition coefficient (Wildman–Crippen LogP) is -0.0761. The number of carbonyl (C=O) groups excluding carboxylic acids is 4. The summed E-state index contributed by atoms with van der Waals surface area (Å²) in [6.07, 6.45) is 0.0826. The van der Waals surface area contributed by atoms with E-state index < -0.39 is 30.1 Å². The number of thioether (sulfide) groups is 1. The van der Waals surface area contributed by atoms with Crippen molar-refractivity contribution in [3.63, 3.8) is 0 Å². The van der Waals surface area contributed by atoms with E-state index in [2.05, 4.69) is 5.32 Å². The molecule has 4 amide bonds. The van der Waals surface area contributed by atoms with Crippen molar-refractivity contribution in [1.82, 2.24) is 15.1 Å². The predicted molar refractivity (Wildman–Crippen MR) is 81.4 cm³/mol. The second-order valence-electron chi connectivity index (χ2n) is 6.07. The first-order valence-electron chi connectivity index (χ1n) is 7.59. The highest BCUT2D eigenvalue weighted by atomic mass is 32.2. The molecule has 9 heteroatoms. The molecule has 0 aromatic rings. The Morgan fingerprint density at radius 1 is 1.43 bits per heavy atom. The fourth-order valence-electron chi connectivity index (χ4n) is 3.20. The molecule has 0 aliphatic carbocycles. The number of rotatable bonds is 3. The van der Waals surface area contributed by atoms with E-state index in [1.807, 2.05) is 6.92 Å². The van der Waals surface area contributed by atoms with Crippen molar-refractivity contribution in [2.75, 3.05) is 18.8 Å². The lowest BCUT2D eigenvalue weighted by molar-refractivity contribution is -0.163. The Balaban J connectivity index is 1.64. The van der Waals surface area contributed by atoms with Crippen molar-refractivity contribution in [2.24, 2.45) is 0 Å². The molecule has 0 spiro atoms. The van der Waals surface area contributed by atoms with E-state index in [4.69, 9.17) is 4.74 Å². The van der Waals surface area contributed by atoms with E-state index in [-0.39, 0.29) is 17.3 Å². The third-order valence-electron chi connectivity index (χ3n) is 4.48. The minimum Gasteiger partial charge on any atom is -0.451 e. The van der Waals surface area contributed by atoms with Crippen molar-refractivity contribution >= 4 is 35.6 Å². The van der Waals surface area contributed by atoms with Crippen LogP contribution in [0.5, 0.6) is 0 Å². The van der Waals surface area contributed by atoms with Gasteiger partial charge in [-0.2, -0.15) is 0 Å². The van der Waals surface area contributed by atoms with Crippen molar-refractivity contribution in [1.29, 1.82) is 0 Å². The highest BCUT2D eigenvalue weighted by Crippen LogP contribution is 2.47. The van der Waals surface area contributed by atoms with Crippen molar-refractivity contribution in [3.05, 3.63) is 0 Å². The summed E-state index contributed by atoms with van der Waals surface area (Å²) in [4.78, 5) is 50.3. The lowest BCUT2D eigenvalue weighted by Crippen LogP contribution is -2.49. The van der Waals surface area contributed by atoms with Gasteiger partial charge in [-0.1, -0.05) is 0 Å². The molecular formula is C14H19N3O5S. The van der Waals surface area contributed by atoms with Gasteiger partial charge in [0, 0.05) is 25.3 Å². The molecule has 0 bridgehead atoms. The Morgan fingerprint density at radius 2 is 2.17 bits per heavy atom. The molecule has 0 aromatic carbocycles. The maximum Gasteiger partial charge on any atom is 0.330 e. The monoisotopic (exact) mass is 341 g/mol. The molecule has 3 aliphatic rings. The number of imide groups is 1. The van der Waals surface area contributed by atoms with Crippen LogP contribution in [0.25, 0.3) is 0 Å². The van der Waals surface area contributed by atoms with Crippen LogP contribution in [-0.4, -0.2) is 69.5 Å². The van der Waals surface area contributed by atoms with E-state index >= 15 is 0 Å². The lowest BCUT2D eigenvalue weighted by atomic mass is 10.2. The molecule has 3 saturated heterocycles. The van der Waals surface area contributed by atoms with E-state index in [1.165, 1.54) is 6.92 Å². The zero-order valence-corrected chi connectivity index (χ0v) is 13.9. The lowest BCUT2D eigenvalue weighted by Gasteiger charge is -2.30. The maximum atomic E-state index is 12.4. The molecule has 3 aliphatic heterocycles. The van der Waals surface area contributed by atoms with Crippen molar-refractivity contribution in [2.45, 2.75) is 43.7 Å². The number of hydrogen-bond acceptors (Lipinski definition) is 6. The van der Waals surface area contributed by atoms with Gasteiger partial charge in [-0.25, -0.2) is 9.59 Å². The van der Waals surface area contributed by atoms with E-state index in [0.717, 1.165) is 4.90 Å². The highest BCUT2D eigenvalue weighted by Gasteiger charge is 2.53. The van der Waals surface area contributed by atoms with Crippen LogP contribution in [0.3, 0.4) is 0 Å². The Labute approximate surface area is 137 Å². The van der Waals surface area contributed by atoms with Crippen LogP contribution in [-0.2, 0) is 19.1 Å². The number of hydrogen-bond donors (Lipinski definition) is 1. The summed E-state index contributed by atoms with van der Waals surface area (Å²) in [5.41, 5.74) is 0. The van der Waals surface area contributed by atoms with Gasteiger partial charge < -0.3 is 15.0 Å². The smallest absolute Gasteiger partial charge is 0.330 e. The average molecular weight is 341 g/mol. The van der Waals surface area contributed by atoms with Gasteiger partial charge in [-0.3, -0.25) is 14.5 Å². The zero-order valence-electron chi connectivity index (χ0n) is 13.0. The summed E-state index contributed by atoms with van der Waals surface area (Å²) in [7, 11) is 0. The van der Waals surface area contributed by atoms with Crippen molar-refractivity contribution in [3.8, 4) is 0 Å². The van der Waals surface area contributed by atoms with Crippen LogP contribution in [0, 0.1) is 0 Å². The standard InChI is InChI=1S/C14H19N3O5S/c1-8(11(19)16-6-5-15-13(16)21)22-12(20)9-7-23-14(2)4-3-10(18)17(9)14/h8-9H,3-7H2,1-2H3,(H,15,21)/t8-,9-,14+/m1/s1. The summed E-state index contributed by atoms with van der Waals surface area (Å²) in [5.74, 6) is -0.726. The zero-order chi connectivity index (χ0) is 16.8. The number of ether oxygens (including phenoxy) is 1. The average Bonchev–Trinajstić information content (AvgIpc) is 3.14. The van der Waals surface area contributed by atoms with Gasteiger partial charge in [0.15, 0.2) is 6.10 Å². The van der Waals surface area contributed by atoms with Gasteiger partial charge in [0.05, 0.1) is 4.87 Å². The molecule has 0 saturated carbocycles. The molecule has 3 heterocycles. The van der Waals surface area contributed by atoms with Crippen molar-refractivity contribution < 1.29 is 23.9 Å². The van der Waals surface area contributed by atoms with E-state index in [0.29, 0.717) is 25.1 Å². The minimum absolute atomic E-state index is 0.0580. The number of esters is 1. The number of amides is 4. The second-order valence-corrected chi connectivity index (χ2v) is 7.57. The summed E-state index contributed by atoms with van der Waals surface area (Å²) in [5, 5.41) is 2.52. The fraction of sp³-hybridized carbons (Fsp3) is 0.714. The van der Waals surface area contributed by atoms with Crippen LogP contribution in [0.1, 0.15) is 26.7 Å². The van der Waals surface area contributed by atoms with Gasteiger partial charge in [-0.15, -0.1) is 11.8 Å². The molecule has 23 heavy (non-hydrogen) atoms. The quantitative estimate of drug-likeness (QED) is 0.722.